The number of nitrogens with zero attached hydrogens (tertiary/aromatic N) is 2. The molecule has 0 radical (unpaired) electrons. The van der Waals surface area contributed by atoms with Crippen LogP contribution in [-0.4, -0.2) is 27.9 Å². The molecule has 0 atom stereocenters. The average molecular weight is 344 g/mol. The van der Waals surface area contributed by atoms with Crippen LogP contribution in [-0.2, 0) is 11.2 Å². The van der Waals surface area contributed by atoms with E-state index >= 15 is 0 Å². The number of anilines is 1. The molecular weight excluding hydrogens is 319 g/mol. The van der Waals surface area contributed by atoms with Gasteiger partial charge in [0.15, 0.2) is 0 Å². The van der Waals surface area contributed by atoms with Crippen LogP contribution >= 0.6 is 0 Å². The standard InChI is InChI=1S/C19H25FN4O/c1-3-4-17-16(23-18(25)14-9-19(20,10-14)12-21)11-22-24(17)15-7-5-13(2)6-8-15/h5-8,11,14H,3-4,9-10,12,21H2,1-2H3,(H,23,25). The molecule has 0 saturated heterocycles. The molecule has 1 aliphatic rings. The number of nitrogens with two attached hydrogens (primary N) is 1. The third kappa shape index (κ3) is 3.58. The lowest BCUT2D eigenvalue weighted by atomic mass is 9.72. The smallest absolute Gasteiger partial charge is 0.227 e. The summed E-state index contributed by atoms with van der Waals surface area (Å²) < 4.78 is 15.8. The summed E-state index contributed by atoms with van der Waals surface area (Å²) in [7, 11) is 0. The molecule has 134 valence electrons. The lowest BCUT2D eigenvalue weighted by molar-refractivity contribution is -0.128. The molecule has 3 N–H and O–H groups in total. The predicted octanol–water partition coefficient (Wildman–Crippen LogP) is 3.15. The number of rotatable bonds is 6. The van der Waals surface area contributed by atoms with E-state index < -0.39 is 5.67 Å². The Morgan fingerprint density at radius 1 is 1.40 bits per heavy atom. The third-order valence-electron chi connectivity index (χ3n) is 4.85. The van der Waals surface area contributed by atoms with Gasteiger partial charge in [0.25, 0.3) is 0 Å². The van der Waals surface area contributed by atoms with Gasteiger partial charge in [0.2, 0.25) is 5.91 Å². The number of hydrogen-bond donors (Lipinski definition) is 2. The first-order valence-corrected chi connectivity index (χ1v) is 8.79. The summed E-state index contributed by atoms with van der Waals surface area (Å²) >= 11 is 0. The van der Waals surface area contributed by atoms with Crippen LogP contribution in [0.5, 0.6) is 0 Å². The van der Waals surface area contributed by atoms with E-state index in [1.807, 2.05) is 35.9 Å². The fourth-order valence-corrected chi connectivity index (χ4v) is 3.27. The van der Waals surface area contributed by atoms with Crippen LogP contribution in [0.4, 0.5) is 10.1 Å². The largest absolute Gasteiger partial charge is 0.328 e. The van der Waals surface area contributed by atoms with Crippen LogP contribution in [0.25, 0.3) is 5.69 Å². The van der Waals surface area contributed by atoms with Crippen molar-refractivity contribution in [3.63, 3.8) is 0 Å². The lowest BCUT2D eigenvalue weighted by Gasteiger charge is -2.39. The zero-order valence-corrected chi connectivity index (χ0v) is 14.8. The first kappa shape index (κ1) is 17.6. The van der Waals surface area contributed by atoms with E-state index in [2.05, 4.69) is 17.3 Å². The number of benzene rings is 1. The number of alkyl halides is 1. The molecule has 1 saturated carbocycles. The van der Waals surface area contributed by atoms with Gasteiger partial charge in [-0.3, -0.25) is 4.79 Å². The second-order valence-corrected chi connectivity index (χ2v) is 6.95. The van der Waals surface area contributed by atoms with Crippen molar-refractivity contribution in [2.24, 2.45) is 11.7 Å². The van der Waals surface area contributed by atoms with Gasteiger partial charge in [-0.15, -0.1) is 0 Å². The Kier molecular flexibility index (Phi) is 4.90. The predicted molar refractivity (Wildman–Crippen MR) is 96.5 cm³/mol. The lowest BCUT2D eigenvalue weighted by Crippen LogP contribution is -2.49. The molecular formula is C19H25FN4O. The van der Waals surface area contributed by atoms with Gasteiger partial charge in [-0.2, -0.15) is 5.10 Å². The van der Waals surface area contributed by atoms with Crippen molar-refractivity contribution in [3.8, 4) is 5.69 Å². The fraction of sp³-hybridized carbons (Fsp3) is 0.474. The monoisotopic (exact) mass is 344 g/mol. The fourth-order valence-electron chi connectivity index (χ4n) is 3.27. The van der Waals surface area contributed by atoms with Crippen LogP contribution in [0, 0.1) is 12.8 Å². The van der Waals surface area contributed by atoms with Crippen LogP contribution < -0.4 is 11.1 Å². The van der Waals surface area contributed by atoms with E-state index in [0.717, 1.165) is 24.2 Å². The molecule has 1 aliphatic carbocycles. The molecule has 2 aromatic rings. The summed E-state index contributed by atoms with van der Waals surface area (Å²) in [4.78, 5) is 12.4. The molecule has 1 aromatic heterocycles. The van der Waals surface area contributed by atoms with E-state index in [0.29, 0.717) is 5.69 Å². The van der Waals surface area contributed by atoms with Gasteiger partial charge in [-0.1, -0.05) is 31.0 Å². The molecule has 25 heavy (non-hydrogen) atoms. The van der Waals surface area contributed by atoms with Gasteiger partial charge < -0.3 is 11.1 Å². The van der Waals surface area contributed by atoms with E-state index in [1.165, 1.54) is 5.56 Å². The Morgan fingerprint density at radius 2 is 2.08 bits per heavy atom. The minimum absolute atomic E-state index is 0.0246. The van der Waals surface area contributed by atoms with Crippen molar-refractivity contribution in [3.05, 3.63) is 41.7 Å². The third-order valence-corrected chi connectivity index (χ3v) is 4.85. The Morgan fingerprint density at radius 3 is 2.68 bits per heavy atom. The Bertz CT molecular complexity index is 747. The van der Waals surface area contributed by atoms with Gasteiger partial charge in [0.05, 0.1) is 23.3 Å². The van der Waals surface area contributed by atoms with Crippen molar-refractivity contribution in [2.45, 2.75) is 45.2 Å². The number of carbonyl (C=O) groups excluding carboxylic acids is 1. The molecule has 0 aliphatic heterocycles. The Balaban J connectivity index is 1.78. The molecule has 1 amide bonds. The second kappa shape index (κ2) is 6.96. The highest BCUT2D eigenvalue weighted by Gasteiger charge is 2.47. The number of aromatic nitrogens is 2. The maximum absolute atomic E-state index is 13.9. The van der Waals surface area contributed by atoms with Gasteiger partial charge in [-0.25, -0.2) is 9.07 Å². The Labute approximate surface area is 147 Å². The van der Waals surface area contributed by atoms with E-state index in [4.69, 9.17) is 5.73 Å². The van der Waals surface area contributed by atoms with Gasteiger partial charge in [-0.05, 0) is 38.3 Å². The summed E-state index contributed by atoms with van der Waals surface area (Å²) in [5.74, 6) is -0.465. The Hall–Kier alpha value is -2.21. The summed E-state index contributed by atoms with van der Waals surface area (Å²) in [6.07, 6.45) is 3.80. The van der Waals surface area contributed by atoms with Crippen molar-refractivity contribution in [1.29, 1.82) is 0 Å². The van der Waals surface area contributed by atoms with E-state index in [9.17, 15) is 9.18 Å². The van der Waals surface area contributed by atoms with Crippen LogP contribution in [0.2, 0.25) is 0 Å². The summed E-state index contributed by atoms with van der Waals surface area (Å²) in [5, 5.41) is 7.37. The van der Waals surface area contributed by atoms with Crippen LogP contribution in [0.15, 0.2) is 30.5 Å². The van der Waals surface area contributed by atoms with Crippen molar-refractivity contribution in [1.82, 2.24) is 9.78 Å². The number of nitrogens with one attached hydrogen (secondary N) is 1. The summed E-state index contributed by atoms with van der Waals surface area (Å²) in [6, 6.07) is 8.09. The minimum Gasteiger partial charge on any atom is -0.328 e. The topological polar surface area (TPSA) is 72.9 Å². The highest BCUT2D eigenvalue weighted by molar-refractivity contribution is 5.93. The molecule has 1 heterocycles. The van der Waals surface area contributed by atoms with Crippen molar-refractivity contribution < 1.29 is 9.18 Å². The molecule has 1 aromatic carbocycles. The average Bonchev–Trinajstić information content (AvgIpc) is 2.95. The van der Waals surface area contributed by atoms with Gasteiger partial charge in [0, 0.05) is 12.5 Å². The van der Waals surface area contributed by atoms with E-state index in [-0.39, 0.29) is 31.2 Å². The van der Waals surface area contributed by atoms with Crippen LogP contribution in [0.1, 0.15) is 37.4 Å². The molecule has 0 unspecified atom stereocenters. The SMILES string of the molecule is CCCc1c(NC(=O)C2CC(F)(CN)C2)cnn1-c1ccc(C)cc1. The van der Waals surface area contributed by atoms with Crippen LogP contribution in [0.3, 0.4) is 0 Å². The maximum atomic E-state index is 13.9. The number of carbonyl (C=O) groups is 1. The number of hydrogen-bond acceptors (Lipinski definition) is 3. The highest BCUT2D eigenvalue weighted by atomic mass is 19.1. The number of amides is 1. The zero-order valence-electron chi connectivity index (χ0n) is 14.8. The molecule has 0 spiro atoms. The van der Waals surface area contributed by atoms with Crippen molar-refractivity contribution >= 4 is 11.6 Å². The molecule has 0 bridgehead atoms. The first-order chi connectivity index (χ1) is 12.0. The number of halogens is 1. The molecule has 5 nitrogen and oxygen atoms in total. The van der Waals surface area contributed by atoms with Gasteiger partial charge in [0.1, 0.15) is 5.67 Å². The van der Waals surface area contributed by atoms with Crippen molar-refractivity contribution in [2.75, 3.05) is 11.9 Å². The first-order valence-electron chi connectivity index (χ1n) is 8.79. The minimum atomic E-state index is -1.37. The normalized spacial score (nSPS) is 22.5. The quantitative estimate of drug-likeness (QED) is 0.845. The molecule has 3 rings (SSSR count). The molecule has 1 fully saturated rings. The highest BCUT2D eigenvalue weighted by Crippen LogP contribution is 2.41. The molecule has 6 heteroatoms. The second-order valence-electron chi connectivity index (χ2n) is 6.95. The summed E-state index contributed by atoms with van der Waals surface area (Å²) in [6.45, 7) is 4.10. The van der Waals surface area contributed by atoms with E-state index in [1.54, 1.807) is 6.20 Å². The summed E-state index contributed by atoms with van der Waals surface area (Å²) in [5.41, 5.74) is 7.84. The number of aryl methyl sites for hydroxylation is 1. The maximum Gasteiger partial charge on any atom is 0.227 e. The zero-order chi connectivity index (χ0) is 18.0. The van der Waals surface area contributed by atoms with Gasteiger partial charge >= 0.3 is 0 Å².